The number of rotatable bonds is 3. The van der Waals surface area contributed by atoms with E-state index >= 15 is 0 Å². The van der Waals surface area contributed by atoms with Crippen LogP contribution in [0.2, 0.25) is 0 Å². The van der Waals surface area contributed by atoms with Crippen LogP contribution in [-0.4, -0.2) is 36.0 Å². The Morgan fingerprint density at radius 2 is 2.20 bits per heavy atom. The summed E-state index contributed by atoms with van der Waals surface area (Å²) in [5, 5.41) is 10.2. The predicted octanol–water partition coefficient (Wildman–Crippen LogP) is 2.45. The third-order valence-corrected chi connectivity index (χ3v) is 3.98. The Kier molecular flexibility index (Phi) is 5.45. The molecule has 2 heterocycles. The highest BCUT2D eigenvalue weighted by Gasteiger charge is 2.39. The van der Waals surface area contributed by atoms with Crippen LogP contribution in [0.3, 0.4) is 0 Å². The molecule has 3 unspecified atom stereocenters. The fourth-order valence-corrected chi connectivity index (χ4v) is 2.61. The van der Waals surface area contributed by atoms with E-state index in [9.17, 15) is 5.11 Å². The Balaban J connectivity index is 1.75. The molecule has 0 spiro atoms. The fourth-order valence-electron chi connectivity index (χ4n) is 2.61. The van der Waals surface area contributed by atoms with Crippen molar-refractivity contribution in [1.82, 2.24) is 0 Å². The van der Waals surface area contributed by atoms with E-state index in [2.05, 4.69) is 18.8 Å². The first-order valence-corrected chi connectivity index (χ1v) is 7.66. The van der Waals surface area contributed by atoms with Gasteiger partial charge >= 0.3 is 0 Å². The van der Waals surface area contributed by atoms with Crippen LogP contribution in [0.15, 0.2) is 0 Å². The van der Waals surface area contributed by atoms with E-state index in [0.29, 0.717) is 18.8 Å². The van der Waals surface area contributed by atoms with Crippen molar-refractivity contribution in [2.24, 2.45) is 5.92 Å². The largest absolute Gasteiger partial charge is 0.356 e. The van der Waals surface area contributed by atoms with E-state index in [-0.39, 0.29) is 18.5 Å². The minimum absolute atomic E-state index is 0.00505. The molecule has 2 aliphatic heterocycles. The van der Waals surface area contributed by atoms with Gasteiger partial charge in [-0.3, -0.25) is 0 Å². The molecular weight excluding hydrogens is 256 g/mol. The van der Waals surface area contributed by atoms with Crippen molar-refractivity contribution in [2.75, 3.05) is 6.61 Å². The zero-order valence-corrected chi connectivity index (χ0v) is 12.7. The second-order valence-electron chi connectivity index (χ2n) is 6.04. The Labute approximate surface area is 121 Å². The lowest BCUT2D eigenvalue weighted by Crippen LogP contribution is -2.27. The smallest absolute Gasteiger partial charge is 0.231 e. The number of hydrogen-bond acceptors (Lipinski definition) is 4. The maximum Gasteiger partial charge on any atom is 0.231 e. The summed E-state index contributed by atoms with van der Waals surface area (Å²) in [5.41, 5.74) is 0. The van der Waals surface area contributed by atoms with Crippen LogP contribution >= 0.6 is 0 Å². The molecule has 20 heavy (non-hydrogen) atoms. The van der Waals surface area contributed by atoms with Crippen LogP contribution in [-0.2, 0) is 14.2 Å². The zero-order chi connectivity index (χ0) is 14.6. The second-order valence-corrected chi connectivity index (χ2v) is 6.04. The van der Waals surface area contributed by atoms with Gasteiger partial charge in [0.2, 0.25) is 5.79 Å². The second kappa shape index (κ2) is 6.91. The molecule has 114 valence electrons. The van der Waals surface area contributed by atoms with E-state index < -0.39 is 5.79 Å². The summed E-state index contributed by atoms with van der Waals surface area (Å²) in [6, 6.07) is 0. The molecule has 0 radical (unpaired) electrons. The van der Waals surface area contributed by atoms with Gasteiger partial charge in [-0.05, 0) is 44.9 Å². The standard InChI is InChI=1S/C16H26O4/c1-12-11-16(17,20-14(12)3)9-6-7-13(2)19-15-8-4-5-10-18-15/h12-15,17H,4-5,7-8,10-11H2,1-3H3/t12-,13?,14+,15?,16?/m0/s1. The highest BCUT2D eigenvalue weighted by molar-refractivity contribution is 5.12. The quantitative estimate of drug-likeness (QED) is 0.808. The molecule has 5 atom stereocenters. The molecule has 2 fully saturated rings. The summed E-state index contributed by atoms with van der Waals surface area (Å²) in [7, 11) is 0. The third-order valence-electron chi connectivity index (χ3n) is 3.98. The van der Waals surface area contributed by atoms with Gasteiger partial charge in [0.15, 0.2) is 6.29 Å². The molecule has 4 nitrogen and oxygen atoms in total. The van der Waals surface area contributed by atoms with Gasteiger partial charge in [-0.15, -0.1) is 0 Å². The van der Waals surface area contributed by atoms with Gasteiger partial charge in [-0.25, -0.2) is 0 Å². The molecule has 2 aliphatic rings. The molecule has 2 rings (SSSR count). The molecule has 4 heteroatoms. The van der Waals surface area contributed by atoms with Crippen molar-refractivity contribution in [3.63, 3.8) is 0 Å². The maximum absolute atomic E-state index is 10.2. The lowest BCUT2D eigenvalue weighted by Gasteiger charge is -2.25. The Hall–Kier alpha value is -0.600. The van der Waals surface area contributed by atoms with E-state index in [1.807, 2.05) is 13.8 Å². The van der Waals surface area contributed by atoms with Crippen LogP contribution in [0.25, 0.3) is 0 Å². The average Bonchev–Trinajstić information content (AvgIpc) is 2.64. The Morgan fingerprint density at radius 3 is 2.80 bits per heavy atom. The molecule has 1 N–H and O–H groups in total. The van der Waals surface area contributed by atoms with Crippen LogP contribution in [0.1, 0.15) is 52.9 Å². The van der Waals surface area contributed by atoms with Crippen LogP contribution in [0.5, 0.6) is 0 Å². The summed E-state index contributed by atoms with van der Waals surface area (Å²) in [6.07, 6.45) is 4.35. The molecule has 0 bridgehead atoms. The highest BCUT2D eigenvalue weighted by atomic mass is 16.7. The minimum atomic E-state index is -1.28. The van der Waals surface area contributed by atoms with E-state index in [1.165, 1.54) is 0 Å². The first kappa shape index (κ1) is 15.8. The van der Waals surface area contributed by atoms with Gasteiger partial charge in [0.05, 0.1) is 12.2 Å². The molecule has 0 aliphatic carbocycles. The van der Waals surface area contributed by atoms with Crippen molar-refractivity contribution in [3.8, 4) is 11.8 Å². The van der Waals surface area contributed by atoms with Crippen LogP contribution in [0.4, 0.5) is 0 Å². The number of hydrogen-bond donors (Lipinski definition) is 1. The van der Waals surface area contributed by atoms with Crippen molar-refractivity contribution in [3.05, 3.63) is 0 Å². The summed E-state index contributed by atoms with van der Waals surface area (Å²) in [4.78, 5) is 0. The van der Waals surface area contributed by atoms with Crippen molar-refractivity contribution >= 4 is 0 Å². The molecule has 0 aromatic carbocycles. The van der Waals surface area contributed by atoms with Gasteiger partial charge < -0.3 is 19.3 Å². The van der Waals surface area contributed by atoms with E-state index in [1.54, 1.807) is 0 Å². The maximum atomic E-state index is 10.2. The molecular formula is C16H26O4. The molecule has 0 aromatic heterocycles. The summed E-state index contributed by atoms with van der Waals surface area (Å²) < 4.78 is 16.8. The number of ether oxygens (including phenoxy) is 3. The monoisotopic (exact) mass is 282 g/mol. The van der Waals surface area contributed by atoms with Gasteiger partial charge in [0.25, 0.3) is 0 Å². The predicted molar refractivity (Wildman–Crippen MR) is 75.8 cm³/mol. The normalized spacial score (nSPS) is 39.1. The van der Waals surface area contributed by atoms with E-state index in [0.717, 1.165) is 25.9 Å². The minimum Gasteiger partial charge on any atom is -0.356 e. The van der Waals surface area contributed by atoms with Gasteiger partial charge in [-0.2, -0.15) is 0 Å². The van der Waals surface area contributed by atoms with Gasteiger partial charge in [-0.1, -0.05) is 12.8 Å². The molecule has 0 aromatic rings. The van der Waals surface area contributed by atoms with Crippen LogP contribution in [0, 0.1) is 17.8 Å². The summed E-state index contributed by atoms with van der Waals surface area (Å²) >= 11 is 0. The lowest BCUT2D eigenvalue weighted by molar-refractivity contribution is -0.183. The van der Waals surface area contributed by atoms with Gasteiger partial charge in [0, 0.05) is 19.4 Å². The Bertz CT molecular complexity index is 354. The first-order valence-electron chi connectivity index (χ1n) is 7.66. The highest BCUT2D eigenvalue weighted by Crippen LogP contribution is 2.32. The van der Waals surface area contributed by atoms with Gasteiger partial charge in [0.1, 0.15) is 0 Å². The lowest BCUT2D eigenvalue weighted by atomic mass is 10.0. The third kappa shape index (κ3) is 4.46. The van der Waals surface area contributed by atoms with Crippen molar-refractivity contribution in [1.29, 1.82) is 0 Å². The summed E-state index contributed by atoms with van der Waals surface area (Å²) in [5.74, 6) is 4.90. The SMILES string of the molecule is CC(CC#CC1(O)C[C@H](C)[C@@H](C)O1)OC1CCCCO1. The van der Waals surface area contributed by atoms with Crippen LogP contribution < -0.4 is 0 Å². The van der Waals surface area contributed by atoms with Crippen molar-refractivity contribution in [2.45, 2.75) is 77.2 Å². The molecule has 0 amide bonds. The number of aliphatic hydroxyl groups is 1. The molecule has 2 saturated heterocycles. The molecule has 0 saturated carbocycles. The zero-order valence-electron chi connectivity index (χ0n) is 12.7. The fraction of sp³-hybridized carbons (Fsp3) is 0.875. The average molecular weight is 282 g/mol. The van der Waals surface area contributed by atoms with Crippen molar-refractivity contribution < 1.29 is 19.3 Å². The van der Waals surface area contributed by atoms with E-state index in [4.69, 9.17) is 14.2 Å². The topological polar surface area (TPSA) is 47.9 Å². The summed E-state index contributed by atoms with van der Waals surface area (Å²) in [6.45, 7) is 6.80. The first-order chi connectivity index (χ1) is 9.48. The Morgan fingerprint density at radius 1 is 1.40 bits per heavy atom.